The van der Waals surface area contributed by atoms with E-state index in [0.717, 1.165) is 28.8 Å². The van der Waals surface area contributed by atoms with E-state index in [2.05, 4.69) is 30.7 Å². The Morgan fingerprint density at radius 1 is 1.21 bits per heavy atom. The zero-order valence-electron chi connectivity index (χ0n) is 18.2. The number of aromatic nitrogens is 2. The van der Waals surface area contributed by atoms with Crippen LogP contribution in [-0.4, -0.2) is 32.2 Å². The molecule has 1 aliphatic heterocycles. The van der Waals surface area contributed by atoms with Crippen LogP contribution in [0, 0.1) is 19.8 Å². The van der Waals surface area contributed by atoms with E-state index >= 15 is 0 Å². The molecule has 0 bridgehead atoms. The molecule has 1 aliphatic rings. The van der Waals surface area contributed by atoms with E-state index in [1.165, 1.54) is 11.8 Å². The molecule has 2 amide bonds. The predicted octanol–water partition coefficient (Wildman–Crippen LogP) is 4.40. The van der Waals surface area contributed by atoms with E-state index in [1.54, 1.807) is 18.7 Å². The first-order valence-electron chi connectivity index (χ1n) is 9.99. The number of nitrogens with one attached hydrogen (secondary N) is 1. The number of amides is 2. The molecule has 2 heterocycles. The zero-order valence-corrected chi connectivity index (χ0v) is 19.1. The van der Waals surface area contributed by atoms with Gasteiger partial charge < -0.3 is 9.88 Å². The molecule has 0 radical (unpaired) electrons. The van der Waals surface area contributed by atoms with Crippen molar-refractivity contribution in [1.82, 2.24) is 9.55 Å². The molecule has 6 nitrogen and oxygen atoms in total. The largest absolute Gasteiger partial charge is 0.323 e. The Labute approximate surface area is 177 Å². The van der Waals surface area contributed by atoms with E-state index in [-0.39, 0.29) is 17.1 Å². The summed E-state index contributed by atoms with van der Waals surface area (Å²) in [5, 5.41) is 3.37. The normalized spacial score (nSPS) is 16.6. The highest BCUT2D eigenvalue weighted by molar-refractivity contribution is 8.00. The van der Waals surface area contributed by atoms with Crippen LogP contribution in [0.4, 0.5) is 11.4 Å². The smallest absolute Gasteiger partial charge is 0.250 e. The molecular weight excluding hydrogens is 384 g/mol. The molecule has 1 N–H and O–H groups in total. The summed E-state index contributed by atoms with van der Waals surface area (Å²) in [6.07, 6.45) is 0. The Bertz CT molecular complexity index is 948. The lowest BCUT2D eigenvalue weighted by Gasteiger charge is -2.43. The van der Waals surface area contributed by atoms with Crippen LogP contribution in [0.15, 0.2) is 29.4 Å². The van der Waals surface area contributed by atoms with Gasteiger partial charge >= 0.3 is 0 Å². The van der Waals surface area contributed by atoms with Gasteiger partial charge in [-0.3, -0.25) is 14.5 Å². The molecular formula is C22H30N4O2S. The summed E-state index contributed by atoms with van der Waals surface area (Å²) in [6.45, 7) is 14.7. The average Bonchev–Trinajstić information content (AvgIpc) is 2.89. The lowest BCUT2D eigenvalue weighted by Crippen LogP contribution is -2.60. The minimum Gasteiger partial charge on any atom is -0.323 e. The summed E-state index contributed by atoms with van der Waals surface area (Å²) in [5.74, 6) is 0.190. The molecule has 3 rings (SSSR count). The summed E-state index contributed by atoms with van der Waals surface area (Å²) in [7, 11) is 0. The highest BCUT2D eigenvalue weighted by Gasteiger charge is 2.45. The maximum atomic E-state index is 13.5. The van der Waals surface area contributed by atoms with Crippen molar-refractivity contribution in [1.29, 1.82) is 0 Å². The SMILES string of the molecule is Cc1nc(S[C@@H](C)C(=O)N2c3ccccc3NC(=O)C2(C)C)n(CC(C)C)c1C. The fourth-order valence-corrected chi connectivity index (χ4v) is 4.58. The summed E-state index contributed by atoms with van der Waals surface area (Å²) in [4.78, 5) is 32.5. The Kier molecular flexibility index (Phi) is 5.81. The topological polar surface area (TPSA) is 67.2 Å². The van der Waals surface area contributed by atoms with Gasteiger partial charge in [-0.15, -0.1) is 0 Å². The van der Waals surface area contributed by atoms with Gasteiger partial charge in [-0.25, -0.2) is 4.98 Å². The molecule has 0 saturated heterocycles. The van der Waals surface area contributed by atoms with E-state index in [9.17, 15) is 9.59 Å². The summed E-state index contributed by atoms with van der Waals surface area (Å²) < 4.78 is 2.19. The van der Waals surface area contributed by atoms with Crippen molar-refractivity contribution in [2.75, 3.05) is 10.2 Å². The number of fused-ring (bicyclic) bond motifs is 1. The lowest BCUT2D eigenvalue weighted by atomic mass is 9.96. The number of rotatable bonds is 5. The Morgan fingerprint density at radius 3 is 2.52 bits per heavy atom. The first kappa shape index (κ1) is 21.4. The highest BCUT2D eigenvalue weighted by atomic mass is 32.2. The molecule has 0 unspecified atom stereocenters. The molecule has 0 saturated carbocycles. The van der Waals surface area contributed by atoms with Crippen LogP contribution >= 0.6 is 11.8 Å². The van der Waals surface area contributed by atoms with E-state index < -0.39 is 5.54 Å². The van der Waals surface area contributed by atoms with Crippen LogP contribution in [-0.2, 0) is 16.1 Å². The summed E-state index contributed by atoms with van der Waals surface area (Å²) in [5.41, 5.74) is 2.53. The Balaban J connectivity index is 1.93. The second kappa shape index (κ2) is 7.86. The van der Waals surface area contributed by atoms with Crippen molar-refractivity contribution in [2.45, 2.75) is 71.0 Å². The van der Waals surface area contributed by atoms with Gasteiger partial charge in [0, 0.05) is 12.2 Å². The highest BCUT2D eigenvalue weighted by Crippen LogP contribution is 2.38. The zero-order chi connectivity index (χ0) is 21.5. The standard InChI is InChI=1S/C22H30N4O2S/c1-13(2)12-25-15(4)14(3)23-21(25)29-16(5)19(27)26-18-11-9-8-10-17(18)24-20(28)22(26,6)7/h8-11,13,16H,12H2,1-7H3,(H,24,28)/t16-/m0/s1. The first-order valence-corrected chi connectivity index (χ1v) is 10.9. The maximum Gasteiger partial charge on any atom is 0.250 e. The van der Waals surface area contributed by atoms with Crippen molar-refractivity contribution in [3.05, 3.63) is 35.7 Å². The van der Waals surface area contributed by atoms with E-state index in [0.29, 0.717) is 11.6 Å². The molecule has 2 aromatic rings. The maximum absolute atomic E-state index is 13.5. The van der Waals surface area contributed by atoms with Crippen LogP contribution < -0.4 is 10.2 Å². The van der Waals surface area contributed by atoms with E-state index in [1.807, 2.05) is 38.1 Å². The number of aryl methyl sites for hydroxylation is 1. The number of hydrogen-bond acceptors (Lipinski definition) is 4. The molecule has 0 fully saturated rings. The third-order valence-electron chi connectivity index (χ3n) is 5.33. The van der Waals surface area contributed by atoms with Crippen molar-refractivity contribution in [3.63, 3.8) is 0 Å². The second-order valence-corrected chi connectivity index (χ2v) is 9.84. The van der Waals surface area contributed by atoms with Crippen LogP contribution in [0.2, 0.25) is 0 Å². The fraction of sp³-hybridized carbons (Fsp3) is 0.500. The number of carbonyl (C=O) groups is 2. The Morgan fingerprint density at radius 2 is 1.86 bits per heavy atom. The number of imidazole rings is 1. The molecule has 0 aliphatic carbocycles. The lowest BCUT2D eigenvalue weighted by molar-refractivity contribution is -0.126. The van der Waals surface area contributed by atoms with Crippen molar-refractivity contribution in [3.8, 4) is 0 Å². The van der Waals surface area contributed by atoms with Gasteiger partial charge in [-0.05, 0) is 52.7 Å². The molecule has 1 aromatic carbocycles. The monoisotopic (exact) mass is 414 g/mol. The van der Waals surface area contributed by atoms with Gasteiger partial charge in [0.15, 0.2) is 5.16 Å². The molecule has 1 aromatic heterocycles. The summed E-state index contributed by atoms with van der Waals surface area (Å²) >= 11 is 1.45. The number of nitrogens with zero attached hydrogens (tertiary/aromatic N) is 3. The number of carbonyl (C=O) groups excluding carboxylic acids is 2. The number of anilines is 2. The van der Waals surface area contributed by atoms with E-state index in [4.69, 9.17) is 4.98 Å². The number of benzene rings is 1. The Hall–Kier alpha value is -2.28. The minimum absolute atomic E-state index is 0.100. The van der Waals surface area contributed by atoms with Gasteiger partial charge in [0.05, 0.1) is 22.3 Å². The van der Waals surface area contributed by atoms with Crippen LogP contribution in [0.5, 0.6) is 0 Å². The molecule has 0 spiro atoms. The fourth-order valence-electron chi connectivity index (χ4n) is 3.53. The number of para-hydroxylation sites is 2. The molecule has 29 heavy (non-hydrogen) atoms. The van der Waals surface area contributed by atoms with Crippen LogP contribution in [0.25, 0.3) is 0 Å². The summed E-state index contributed by atoms with van der Waals surface area (Å²) in [6, 6.07) is 7.43. The average molecular weight is 415 g/mol. The van der Waals surface area contributed by atoms with Gasteiger partial charge in [0.2, 0.25) is 11.8 Å². The first-order chi connectivity index (χ1) is 13.5. The molecule has 7 heteroatoms. The third kappa shape index (κ3) is 3.92. The molecule has 156 valence electrons. The third-order valence-corrected chi connectivity index (χ3v) is 6.41. The van der Waals surface area contributed by atoms with Crippen molar-refractivity contribution < 1.29 is 9.59 Å². The van der Waals surface area contributed by atoms with Gasteiger partial charge in [-0.1, -0.05) is 37.7 Å². The van der Waals surface area contributed by atoms with Gasteiger partial charge in [-0.2, -0.15) is 0 Å². The number of hydrogen-bond donors (Lipinski definition) is 1. The predicted molar refractivity (Wildman–Crippen MR) is 118 cm³/mol. The minimum atomic E-state index is -0.973. The van der Waals surface area contributed by atoms with Crippen molar-refractivity contribution in [2.24, 2.45) is 5.92 Å². The second-order valence-electron chi connectivity index (χ2n) is 8.53. The molecule has 1 atom stereocenters. The van der Waals surface area contributed by atoms with Crippen LogP contribution in [0.3, 0.4) is 0 Å². The number of thioether (sulfide) groups is 1. The van der Waals surface area contributed by atoms with Gasteiger partial charge in [0.25, 0.3) is 0 Å². The van der Waals surface area contributed by atoms with Crippen molar-refractivity contribution >= 4 is 35.0 Å². The van der Waals surface area contributed by atoms with Crippen LogP contribution in [0.1, 0.15) is 46.0 Å². The quantitative estimate of drug-likeness (QED) is 0.737. The van der Waals surface area contributed by atoms with Gasteiger partial charge in [0.1, 0.15) is 5.54 Å².